The fourth-order valence-corrected chi connectivity index (χ4v) is 2.59. The van der Waals surface area contributed by atoms with Crippen LogP contribution in [-0.4, -0.2) is 36.3 Å². The molecule has 112 valence electrons. The summed E-state index contributed by atoms with van der Waals surface area (Å²) in [6.07, 6.45) is 1.55. The third kappa shape index (κ3) is 3.49. The Hall–Kier alpha value is -2.15. The Labute approximate surface area is 126 Å². The summed E-state index contributed by atoms with van der Waals surface area (Å²) in [5.41, 5.74) is 0. The number of rotatable bonds is 5. The van der Waals surface area contributed by atoms with E-state index in [4.69, 9.17) is 14.2 Å². The summed E-state index contributed by atoms with van der Waals surface area (Å²) in [6, 6.07) is 3.40. The maximum absolute atomic E-state index is 11.8. The van der Waals surface area contributed by atoms with Gasteiger partial charge in [0.25, 0.3) is 0 Å². The van der Waals surface area contributed by atoms with Gasteiger partial charge in [-0.25, -0.2) is 9.78 Å². The van der Waals surface area contributed by atoms with Crippen LogP contribution in [0.4, 0.5) is 0 Å². The predicted octanol–water partition coefficient (Wildman–Crippen LogP) is 2.79. The van der Waals surface area contributed by atoms with Crippen molar-refractivity contribution in [3.05, 3.63) is 23.2 Å². The zero-order chi connectivity index (χ0) is 15.4. The molecule has 2 aromatic heterocycles. The molecule has 0 radical (unpaired) electrons. The average Bonchev–Trinajstić information content (AvgIpc) is 2.89. The van der Waals surface area contributed by atoms with Crippen LogP contribution < -0.4 is 9.47 Å². The molecule has 0 amide bonds. The Balaban J connectivity index is 2.44. The van der Waals surface area contributed by atoms with Gasteiger partial charge in [0.1, 0.15) is 5.75 Å². The number of aromatic nitrogens is 2. The second-order valence-electron chi connectivity index (χ2n) is 4.38. The summed E-state index contributed by atoms with van der Waals surface area (Å²) in [4.78, 5) is 21.4. The molecule has 0 atom stereocenters. The summed E-state index contributed by atoms with van der Waals surface area (Å²) in [5.74, 6) is 0.968. The van der Waals surface area contributed by atoms with Gasteiger partial charge in [0, 0.05) is 18.3 Å². The lowest BCUT2D eigenvalue weighted by Crippen LogP contribution is -2.08. The van der Waals surface area contributed by atoms with Gasteiger partial charge in [-0.2, -0.15) is 4.98 Å². The molecule has 0 N–H and O–H groups in total. The minimum atomic E-state index is -0.440. The molecule has 0 saturated carbocycles. The minimum Gasteiger partial charge on any atom is -0.489 e. The maximum atomic E-state index is 11.8. The first-order chi connectivity index (χ1) is 10.0. The fraction of sp³-hybridized carbons (Fsp3) is 0.357. The topological polar surface area (TPSA) is 70.5 Å². The second kappa shape index (κ2) is 6.53. The van der Waals surface area contributed by atoms with Crippen LogP contribution in [0.1, 0.15) is 23.5 Å². The monoisotopic (exact) mass is 308 g/mol. The molecule has 2 heterocycles. The number of carbonyl (C=O) groups is 1. The van der Waals surface area contributed by atoms with Gasteiger partial charge in [-0.3, -0.25) is 0 Å². The van der Waals surface area contributed by atoms with Crippen molar-refractivity contribution in [2.75, 3.05) is 14.2 Å². The quantitative estimate of drug-likeness (QED) is 0.791. The predicted molar refractivity (Wildman–Crippen MR) is 79.0 cm³/mol. The number of nitrogens with zero attached hydrogens (tertiary/aromatic N) is 2. The molecular formula is C14H16N2O4S. The largest absolute Gasteiger partial charge is 0.489 e. The van der Waals surface area contributed by atoms with Crippen molar-refractivity contribution in [1.29, 1.82) is 0 Å². The number of ether oxygens (including phenoxy) is 3. The van der Waals surface area contributed by atoms with Crippen LogP contribution in [0, 0.1) is 0 Å². The molecule has 0 aromatic carbocycles. The summed E-state index contributed by atoms with van der Waals surface area (Å²) >= 11 is 1.23. The maximum Gasteiger partial charge on any atom is 0.351 e. The standard InChI is InChI=1S/C14H16N2O4S/c1-8(2)20-9-7-10(21-12(9)14(17)19-4)13-15-6-5-11(16-13)18-3/h5-8H,1-4H3. The van der Waals surface area contributed by atoms with Gasteiger partial charge >= 0.3 is 5.97 Å². The molecule has 0 bridgehead atoms. The van der Waals surface area contributed by atoms with E-state index >= 15 is 0 Å². The second-order valence-corrected chi connectivity index (χ2v) is 5.44. The SMILES string of the molecule is COC(=O)c1sc(-c2nccc(OC)n2)cc1OC(C)C. The van der Waals surface area contributed by atoms with Crippen LogP contribution in [-0.2, 0) is 4.74 Å². The van der Waals surface area contributed by atoms with Crippen LogP contribution >= 0.6 is 11.3 Å². The molecule has 0 aliphatic rings. The van der Waals surface area contributed by atoms with Gasteiger partial charge in [0.2, 0.25) is 5.88 Å². The average molecular weight is 308 g/mol. The van der Waals surface area contributed by atoms with E-state index in [0.717, 1.165) is 0 Å². The fourth-order valence-electron chi connectivity index (χ4n) is 1.64. The Bertz CT molecular complexity index is 640. The van der Waals surface area contributed by atoms with Crippen molar-refractivity contribution in [2.45, 2.75) is 20.0 Å². The first kappa shape index (κ1) is 15.2. The van der Waals surface area contributed by atoms with Gasteiger partial charge < -0.3 is 14.2 Å². The van der Waals surface area contributed by atoms with Crippen LogP contribution in [0.15, 0.2) is 18.3 Å². The van der Waals surface area contributed by atoms with E-state index < -0.39 is 5.97 Å². The van der Waals surface area contributed by atoms with E-state index in [-0.39, 0.29) is 6.10 Å². The Morgan fingerprint density at radius 3 is 2.71 bits per heavy atom. The van der Waals surface area contributed by atoms with Crippen LogP contribution in [0.2, 0.25) is 0 Å². The van der Waals surface area contributed by atoms with Gasteiger partial charge in [-0.15, -0.1) is 11.3 Å². The van der Waals surface area contributed by atoms with Crippen molar-refractivity contribution in [3.8, 4) is 22.3 Å². The Kier molecular flexibility index (Phi) is 4.74. The Morgan fingerprint density at radius 1 is 1.33 bits per heavy atom. The highest BCUT2D eigenvalue weighted by atomic mass is 32.1. The zero-order valence-corrected chi connectivity index (χ0v) is 13.1. The number of methoxy groups -OCH3 is 2. The van der Waals surface area contributed by atoms with Crippen molar-refractivity contribution in [3.63, 3.8) is 0 Å². The third-order valence-electron chi connectivity index (χ3n) is 2.49. The molecule has 2 aromatic rings. The van der Waals surface area contributed by atoms with Crippen molar-refractivity contribution in [1.82, 2.24) is 9.97 Å². The molecule has 6 nitrogen and oxygen atoms in total. The van der Waals surface area contributed by atoms with E-state index in [1.165, 1.54) is 25.6 Å². The van der Waals surface area contributed by atoms with Gasteiger partial charge in [-0.1, -0.05) is 0 Å². The Morgan fingerprint density at radius 2 is 2.10 bits per heavy atom. The highest BCUT2D eigenvalue weighted by Crippen LogP contribution is 2.36. The molecule has 0 aliphatic carbocycles. The molecule has 0 aliphatic heterocycles. The number of carbonyl (C=O) groups excluding carboxylic acids is 1. The first-order valence-electron chi connectivity index (χ1n) is 6.31. The molecule has 0 spiro atoms. The van der Waals surface area contributed by atoms with Crippen molar-refractivity contribution in [2.24, 2.45) is 0 Å². The summed E-state index contributed by atoms with van der Waals surface area (Å²) in [6.45, 7) is 3.78. The molecule has 7 heteroatoms. The van der Waals surface area contributed by atoms with Gasteiger partial charge in [0.15, 0.2) is 10.7 Å². The molecule has 0 fully saturated rings. The van der Waals surface area contributed by atoms with Gasteiger partial charge in [0.05, 0.1) is 25.2 Å². The number of hydrogen-bond acceptors (Lipinski definition) is 7. The van der Waals surface area contributed by atoms with E-state index in [1.54, 1.807) is 18.3 Å². The van der Waals surface area contributed by atoms with E-state index in [2.05, 4.69) is 9.97 Å². The van der Waals surface area contributed by atoms with E-state index in [0.29, 0.717) is 27.2 Å². The van der Waals surface area contributed by atoms with Crippen LogP contribution in [0.5, 0.6) is 11.6 Å². The molecule has 0 saturated heterocycles. The summed E-state index contributed by atoms with van der Waals surface area (Å²) in [5, 5.41) is 0. The molecular weight excluding hydrogens is 292 g/mol. The van der Waals surface area contributed by atoms with Crippen molar-refractivity contribution >= 4 is 17.3 Å². The minimum absolute atomic E-state index is 0.0536. The first-order valence-corrected chi connectivity index (χ1v) is 7.13. The highest BCUT2D eigenvalue weighted by Gasteiger charge is 2.21. The lowest BCUT2D eigenvalue weighted by molar-refractivity contribution is 0.0600. The van der Waals surface area contributed by atoms with Crippen LogP contribution in [0.3, 0.4) is 0 Å². The number of thiophene rings is 1. The van der Waals surface area contributed by atoms with E-state index in [1.807, 2.05) is 13.8 Å². The highest BCUT2D eigenvalue weighted by molar-refractivity contribution is 7.17. The third-order valence-corrected chi connectivity index (χ3v) is 3.58. The smallest absolute Gasteiger partial charge is 0.351 e. The zero-order valence-electron chi connectivity index (χ0n) is 12.2. The normalized spacial score (nSPS) is 10.5. The van der Waals surface area contributed by atoms with E-state index in [9.17, 15) is 4.79 Å². The van der Waals surface area contributed by atoms with Crippen LogP contribution in [0.25, 0.3) is 10.7 Å². The molecule has 0 unspecified atom stereocenters. The van der Waals surface area contributed by atoms with Crippen molar-refractivity contribution < 1.29 is 19.0 Å². The molecule has 2 rings (SSSR count). The lowest BCUT2D eigenvalue weighted by atomic mass is 10.3. The molecule has 21 heavy (non-hydrogen) atoms. The van der Waals surface area contributed by atoms with Gasteiger partial charge in [-0.05, 0) is 13.8 Å². The number of hydrogen-bond donors (Lipinski definition) is 0. The number of esters is 1. The lowest BCUT2D eigenvalue weighted by Gasteiger charge is -2.08. The summed E-state index contributed by atoms with van der Waals surface area (Å²) < 4.78 is 15.5. The summed E-state index contributed by atoms with van der Waals surface area (Å²) in [7, 11) is 2.87.